The van der Waals surface area contributed by atoms with Crippen molar-refractivity contribution in [1.82, 2.24) is 9.88 Å². The van der Waals surface area contributed by atoms with E-state index in [2.05, 4.69) is 4.98 Å². The summed E-state index contributed by atoms with van der Waals surface area (Å²) in [7, 11) is 0. The van der Waals surface area contributed by atoms with Crippen molar-refractivity contribution in [3.05, 3.63) is 64.5 Å². The van der Waals surface area contributed by atoms with Crippen molar-refractivity contribution in [3.63, 3.8) is 0 Å². The van der Waals surface area contributed by atoms with Crippen LogP contribution >= 0.6 is 0 Å². The Hall–Kier alpha value is -3.04. The zero-order valence-electron chi connectivity index (χ0n) is 15.9. The predicted octanol–water partition coefficient (Wildman–Crippen LogP) is 3.71. The molecule has 5 rings (SSSR count). The van der Waals surface area contributed by atoms with Gasteiger partial charge in [0.05, 0.1) is 17.5 Å². The first-order valence-electron chi connectivity index (χ1n) is 9.62. The molecule has 31 heavy (non-hydrogen) atoms. The summed E-state index contributed by atoms with van der Waals surface area (Å²) in [6.07, 6.45) is -3.00. The standard InChI is InChI=1S/C21H15F5N2O3/c22-11-1-2-13(15(23)7-11)19(3-4-19)18(30)28-6-5-20(10-28)14-8-16(21(24,25)26)27-9-12(14)17(29)31-20/h1-2,7-9H,3-6,10H2. The number of aromatic nitrogens is 1. The number of alkyl halides is 3. The van der Waals surface area contributed by atoms with Gasteiger partial charge in [0.2, 0.25) is 5.91 Å². The SMILES string of the molecule is O=C1OC2(CCN(C(=O)C3(c4ccc(F)cc4F)CC3)C2)c2cc(C(F)(F)F)ncc21. The summed E-state index contributed by atoms with van der Waals surface area (Å²) >= 11 is 0. The number of carbonyl (C=O) groups excluding carboxylic acids is 2. The van der Waals surface area contributed by atoms with Crippen molar-refractivity contribution in [2.45, 2.75) is 36.5 Å². The van der Waals surface area contributed by atoms with Crippen LogP contribution in [0.4, 0.5) is 22.0 Å². The van der Waals surface area contributed by atoms with E-state index >= 15 is 0 Å². The highest BCUT2D eigenvalue weighted by Gasteiger charge is 2.59. The van der Waals surface area contributed by atoms with E-state index in [1.54, 1.807) is 0 Å². The Morgan fingerprint density at radius 3 is 2.48 bits per heavy atom. The van der Waals surface area contributed by atoms with Gasteiger partial charge < -0.3 is 9.64 Å². The fraction of sp³-hybridized carbons (Fsp3) is 0.381. The van der Waals surface area contributed by atoms with Crippen LogP contribution in [0, 0.1) is 11.6 Å². The number of likely N-dealkylation sites (tertiary alicyclic amines) is 1. The average Bonchev–Trinajstić information content (AvgIpc) is 3.32. The van der Waals surface area contributed by atoms with Crippen LogP contribution in [0.15, 0.2) is 30.5 Å². The molecular weight excluding hydrogens is 423 g/mol. The van der Waals surface area contributed by atoms with Gasteiger partial charge in [0.1, 0.15) is 17.3 Å². The lowest BCUT2D eigenvalue weighted by molar-refractivity contribution is -0.141. The van der Waals surface area contributed by atoms with Crippen LogP contribution in [0.2, 0.25) is 0 Å². The van der Waals surface area contributed by atoms with Gasteiger partial charge in [-0.1, -0.05) is 6.07 Å². The van der Waals surface area contributed by atoms with Gasteiger partial charge in [-0.25, -0.2) is 13.6 Å². The summed E-state index contributed by atoms with van der Waals surface area (Å²) in [6.45, 7) is -0.0176. The maximum absolute atomic E-state index is 14.3. The highest BCUT2D eigenvalue weighted by Crippen LogP contribution is 2.52. The number of halogens is 5. The second-order valence-electron chi connectivity index (χ2n) is 8.18. The van der Waals surface area contributed by atoms with Crippen LogP contribution < -0.4 is 0 Å². The number of benzene rings is 1. The van der Waals surface area contributed by atoms with Crippen LogP contribution in [0.5, 0.6) is 0 Å². The molecule has 1 saturated heterocycles. The number of amides is 1. The first-order valence-corrected chi connectivity index (χ1v) is 9.62. The van der Waals surface area contributed by atoms with Crippen LogP contribution in [-0.2, 0) is 26.7 Å². The number of esters is 1. The Morgan fingerprint density at radius 2 is 1.84 bits per heavy atom. The molecule has 1 aromatic heterocycles. The van der Waals surface area contributed by atoms with E-state index in [1.807, 2.05) is 0 Å². The number of rotatable bonds is 2. The summed E-state index contributed by atoms with van der Waals surface area (Å²) in [6, 6.07) is 3.83. The third-order valence-electron chi connectivity index (χ3n) is 6.32. The number of ether oxygens (including phenoxy) is 1. The maximum Gasteiger partial charge on any atom is 0.433 e. The average molecular weight is 438 g/mol. The smallest absolute Gasteiger partial charge is 0.433 e. The zero-order chi connectivity index (χ0) is 22.2. The van der Waals surface area contributed by atoms with Crippen LogP contribution in [0.25, 0.3) is 0 Å². The lowest BCUT2D eigenvalue weighted by atomic mass is 9.91. The van der Waals surface area contributed by atoms with Crippen LogP contribution in [0.3, 0.4) is 0 Å². The van der Waals surface area contributed by atoms with Gasteiger partial charge in [0, 0.05) is 36.4 Å². The topological polar surface area (TPSA) is 59.5 Å². The minimum Gasteiger partial charge on any atom is -0.449 e. The van der Waals surface area contributed by atoms with Crippen molar-refractivity contribution in [3.8, 4) is 0 Å². The third kappa shape index (κ3) is 2.91. The first kappa shape index (κ1) is 19.9. The third-order valence-corrected chi connectivity index (χ3v) is 6.32. The zero-order valence-corrected chi connectivity index (χ0v) is 15.9. The summed E-state index contributed by atoms with van der Waals surface area (Å²) in [5.41, 5.74) is -3.61. The lowest BCUT2D eigenvalue weighted by Gasteiger charge is -2.27. The molecule has 2 aromatic rings. The largest absolute Gasteiger partial charge is 0.449 e. The molecule has 3 heterocycles. The molecule has 162 valence electrons. The number of fused-ring (bicyclic) bond motifs is 2. The van der Waals surface area contributed by atoms with E-state index in [9.17, 15) is 31.5 Å². The Morgan fingerprint density at radius 1 is 1.10 bits per heavy atom. The molecule has 0 N–H and O–H groups in total. The highest BCUT2D eigenvalue weighted by molar-refractivity contribution is 5.95. The van der Waals surface area contributed by atoms with Gasteiger partial charge in [0.25, 0.3) is 0 Å². The minimum absolute atomic E-state index is 0.0490. The lowest BCUT2D eigenvalue weighted by Crippen LogP contribution is -2.40. The Bertz CT molecular complexity index is 1130. The minimum atomic E-state index is -4.70. The Labute approximate surface area is 172 Å². The molecule has 1 aliphatic carbocycles. The quantitative estimate of drug-likeness (QED) is 0.530. The molecular formula is C21H15F5N2O3. The molecule has 2 fully saturated rings. The van der Waals surface area contributed by atoms with Gasteiger partial charge in [-0.3, -0.25) is 9.78 Å². The highest BCUT2D eigenvalue weighted by atomic mass is 19.4. The Kier molecular flexibility index (Phi) is 4.00. The summed E-state index contributed by atoms with van der Waals surface area (Å²) in [5.74, 6) is -2.79. The van der Waals surface area contributed by atoms with Crippen molar-refractivity contribution in [2.24, 2.45) is 0 Å². The van der Waals surface area contributed by atoms with Crippen LogP contribution in [-0.4, -0.2) is 34.8 Å². The normalized spacial score (nSPS) is 23.8. The molecule has 1 unspecified atom stereocenters. The van der Waals surface area contributed by atoms with E-state index < -0.39 is 46.4 Å². The van der Waals surface area contributed by atoms with E-state index in [4.69, 9.17) is 4.74 Å². The van der Waals surface area contributed by atoms with Gasteiger partial charge in [-0.05, 0) is 25.0 Å². The van der Waals surface area contributed by atoms with Crippen LogP contribution in [0.1, 0.15) is 46.4 Å². The van der Waals surface area contributed by atoms with Crippen molar-refractivity contribution in [1.29, 1.82) is 0 Å². The van der Waals surface area contributed by atoms with Gasteiger partial charge in [-0.2, -0.15) is 13.2 Å². The van der Waals surface area contributed by atoms with E-state index in [-0.39, 0.29) is 36.2 Å². The molecule has 1 spiro atoms. The first-order chi connectivity index (χ1) is 14.6. The van der Waals surface area contributed by atoms with Crippen molar-refractivity contribution < 1.29 is 36.3 Å². The predicted molar refractivity (Wildman–Crippen MR) is 94.8 cm³/mol. The number of hydrogen-bond acceptors (Lipinski definition) is 4. The van der Waals surface area contributed by atoms with Gasteiger partial charge >= 0.3 is 12.1 Å². The molecule has 1 aromatic carbocycles. The molecule has 3 aliphatic rings. The van der Waals surface area contributed by atoms with Gasteiger partial charge in [0.15, 0.2) is 5.60 Å². The maximum atomic E-state index is 14.3. The molecule has 0 radical (unpaired) electrons. The monoisotopic (exact) mass is 438 g/mol. The number of pyridine rings is 1. The number of nitrogens with zero attached hydrogens (tertiary/aromatic N) is 2. The number of hydrogen-bond donors (Lipinski definition) is 0. The second kappa shape index (κ2) is 6.24. The van der Waals surface area contributed by atoms with E-state index in [1.165, 1.54) is 11.0 Å². The second-order valence-corrected chi connectivity index (χ2v) is 8.18. The number of carbonyl (C=O) groups is 2. The van der Waals surface area contributed by atoms with Gasteiger partial charge in [-0.15, -0.1) is 0 Å². The summed E-state index contributed by atoms with van der Waals surface area (Å²) < 4.78 is 72.5. The molecule has 5 nitrogen and oxygen atoms in total. The fourth-order valence-corrected chi connectivity index (χ4v) is 4.60. The van der Waals surface area contributed by atoms with Crippen molar-refractivity contribution in [2.75, 3.05) is 13.1 Å². The molecule has 1 amide bonds. The Balaban J connectivity index is 1.46. The summed E-state index contributed by atoms with van der Waals surface area (Å²) in [5, 5.41) is 0. The van der Waals surface area contributed by atoms with E-state index in [0.29, 0.717) is 12.8 Å². The molecule has 1 saturated carbocycles. The molecule has 2 aliphatic heterocycles. The fourth-order valence-electron chi connectivity index (χ4n) is 4.60. The summed E-state index contributed by atoms with van der Waals surface area (Å²) in [4.78, 5) is 30.2. The molecule has 1 atom stereocenters. The van der Waals surface area contributed by atoms with E-state index in [0.717, 1.165) is 24.4 Å². The van der Waals surface area contributed by atoms with Crippen molar-refractivity contribution >= 4 is 11.9 Å². The molecule has 0 bridgehead atoms. The molecule has 10 heteroatoms.